The van der Waals surface area contributed by atoms with Crippen molar-refractivity contribution < 1.29 is 26.4 Å². The standard InChI is InChI=1S/C22H31F5N2OSi/c1-7-15-8-10-16(11-9-15)12-18-19(22(25,26)27)29(17(13-23)14-24)28-20(18)30-31(5,6)21(2,3)4/h8-11,17H,7,12-14H2,1-6H3. The molecule has 31 heavy (non-hydrogen) atoms. The first kappa shape index (κ1) is 25.4. The molecule has 0 bridgehead atoms. The number of nitrogens with zero attached hydrogens (tertiary/aromatic N) is 2. The van der Waals surface area contributed by atoms with Crippen LogP contribution in [0.2, 0.25) is 18.1 Å². The molecule has 0 saturated carbocycles. The molecule has 0 aliphatic carbocycles. The minimum Gasteiger partial charge on any atom is -0.529 e. The lowest BCUT2D eigenvalue weighted by molar-refractivity contribution is -0.145. The van der Waals surface area contributed by atoms with E-state index < -0.39 is 39.6 Å². The van der Waals surface area contributed by atoms with Crippen LogP contribution in [0.15, 0.2) is 24.3 Å². The van der Waals surface area contributed by atoms with Crippen LogP contribution in [0.3, 0.4) is 0 Å². The van der Waals surface area contributed by atoms with Crippen LogP contribution in [0.25, 0.3) is 0 Å². The minimum absolute atomic E-state index is 0.103. The van der Waals surface area contributed by atoms with Gasteiger partial charge in [-0.25, -0.2) is 13.5 Å². The second-order valence-electron chi connectivity index (χ2n) is 9.25. The summed E-state index contributed by atoms with van der Waals surface area (Å²) in [5.41, 5.74) is 0.358. The maximum absolute atomic E-state index is 14.1. The van der Waals surface area contributed by atoms with E-state index in [1.54, 1.807) is 12.1 Å². The van der Waals surface area contributed by atoms with Gasteiger partial charge >= 0.3 is 6.18 Å². The Morgan fingerprint density at radius 1 is 1.00 bits per heavy atom. The van der Waals surface area contributed by atoms with E-state index >= 15 is 0 Å². The van der Waals surface area contributed by atoms with Crippen LogP contribution >= 0.6 is 0 Å². The lowest BCUT2D eigenvalue weighted by Gasteiger charge is -2.35. The van der Waals surface area contributed by atoms with E-state index in [0.29, 0.717) is 10.2 Å². The van der Waals surface area contributed by atoms with Crippen LogP contribution in [-0.4, -0.2) is 31.4 Å². The molecule has 0 spiro atoms. The molecule has 2 rings (SSSR count). The Morgan fingerprint density at radius 2 is 1.52 bits per heavy atom. The molecule has 0 atom stereocenters. The highest BCUT2D eigenvalue weighted by Gasteiger charge is 2.45. The molecule has 1 aromatic carbocycles. The van der Waals surface area contributed by atoms with Gasteiger partial charge in [0, 0.05) is 12.0 Å². The van der Waals surface area contributed by atoms with E-state index in [2.05, 4.69) is 5.10 Å². The summed E-state index contributed by atoms with van der Waals surface area (Å²) >= 11 is 0. The maximum Gasteiger partial charge on any atom is 0.433 e. The average molecular weight is 463 g/mol. The Morgan fingerprint density at radius 3 is 1.94 bits per heavy atom. The molecule has 0 aliphatic heterocycles. The molecule has 2 aromatic rings. The number of halogens is 5. The van der Waals surface area contributed by atoms with E-state index in [1.807, 2.05) is 52.9 Å². The molecule has 0 unspecified atom stereocenters. The Balaban J connectivity index is 2.68. The largest absolute Gasteiger partial charge is 0.529 e. The monoisotopic (exact) mass is 462 g/mol. The zero-order valence-electron chi connectivity index (χ0n) is 18.9. The third kappa shape index (κ3) is 5.67. The van der Waals surface area contributed by atoms with Gasteiger partial charge in [-0.2, -0.15) is 13.2 Å². The van der Waals surface area contributed by atoms with Crippen molar-refractivity contribution in [2.24, 2.45) is 0 Å². The molecule has 0 amide bonds. The van der Waals surface area contributed by atoms with Gasteiger partial charge in [-0.15, -0.1) is 5.10 Å². The number of aryl methyl sites for hydroxylation is 1. The first-order chi connectivity index (χ1) is 14.2. The molecule has 1 aromatic heterocycles. The van der Waals surface area contributed by atoms with E-state index in [0.717, 1.165) is 12.0 Å². The number of hydrogen-bond donors (Lipinski definition) is 0. The van der Waals surface area contributed by atoms with Crippen LogP contribution in [0.1, 0.15) is 56.1 Å². The highest BCUT2D eigenvalue weighted by atomic mass is 28.4. The smallest absolute Gasteiger partial charge is 0.433 e. The summed E-state index contributed by atoms with van der Waals surface area (Å²) in [6.45, 7) is 9.03. The predicted octanol–water partition coefficient (Wildman–Crippen LogP) is 6.92. The van der Waals surface area contributed by atoms with Gasteiger partial charge in [-0.1, -0.05) is 52.0 Å². The van der Waals surface area contributed by atoms with Gasteiger partial charge in [-0.05, 0) is 35.7 Å². The zero-order chi connectivity index (χ0) is 23.6. The summed E-state index contributed by atoms with van der Waals surface area (Å²) in [5.74, 6) is -0.189. The molecule has 174 valence electrons. The summed E-state index contributed by atoms with van der Waals surface area (Å²) < 4.78 is 75.6. The van der Waals surface area contributed by atoms with E-state index in [1.165, 1.54) is 0 Å². The van der Waals surface area contributed by atoms with Crippen LogP contribution in [0.5, 0.6) is 5.88 Å². The Hall–Kier alpha value is -1.90. The van der Waals surface area contributed by atoms with Crippen LogP contribution < -0.4 is 4.43 Å². The first-order valence-corrected chi connectivity index (χ1v) is 13.2. The van der Waals surface area contributed by atoms with Gasteiger partial charge < -0.3 is 4.43 Å². The van der Waals surface area contributed by atoms with Crippen LogP contribution in [0, 0.1) is 0 Å². The molecule has 3 nitrogen and oxygen atoms in total. The van der Waals surface area contributed by atoms with Crippen molar-refractivity contribution in [3.63, 3.8) is 0 Å². The van der Waals surface area contributed by atoms with Crippen molar-refractivity contribution in [1.29, 1.82) is 0 Å². The van der Waals surface area contributed by atoms with Crippen LogP contribution in [0.4, 0.5) is 22.0 Å². The highest BCUT2D eigenvalue weighted by Crippen LogP contribution is 2.43. The topological polar surface area (TPSA) is 27.1 Å². The van der Waals surface area contributed by atoms with Crippen molar-refractivity contribution in [2.75, 3.05) is 13.3 Å². The molecular formula is C22H31F5N2OSi. The van der Waals surface area contributed by atoms with Crippen molar-refractivity contribution in [3.05, 3.63) is 46.6 Å². The van der Waals surface area contributed by atoms with Crippen molar-refractivity contribution in [1.82, 2.24) is 9.78 Å². The number of hydrogen-bond acceptors (Lipinski definition) is 2. The number of benzene rings is 1. The predicted molar refractivity (Wildman–Crippen MR) is 115 cm³/mol. The summed E-state index contributed by atoms with van der Waals surface area (Å²) in [7, 11) is -2.56. The summed E-state index contributed by atoms with van der Waals surface area (Å²) in [6, 6.07) is 5.57. The van der Waals surface area contributed by atoms with Gasteiger partial charge in [0.1, 0.15) is 25.1 Å². The molecule has 0 N–H and O–H groups in total. The van der Waals surface area contributed by atoms with Gasteiger partial charge in [0.25, 0.3) is 8.32 Å². The molecule has 0 radical (unpaired) electrons. The van der Waals surface area contributed by atoms with E-state index in [4.69, 9.17) is 4.43 Å². The quantitative estimate of drug-likeness (QED) is 0.315. The van der Waals surface area contributed by atoms with Gasteiger partial charge in [-0.3, -0.25) is 0 Å². The zero-order valence-corrected chi connectivity index (χ0v) is 19.9. The number of alkyl halides is 5. The van der Waals surface area contributed by atoms with Gasteiger partial charge in [0.15, 0.2) is 0 Å². The molecular weight excluding hydrogens is 431 g/mol. The third-order valence-electron chi connectivity index (χ3n) is 5.91. The van der Waals surface area contributed by atoms with Gasteiger partial charge in [0.2, 0.25) is 5.88 Å². The summed E-state index contributed by atoms with van der Waals surface area (Å²) in [4.78, 5) is 0. The van der Waals surface area contributed by atoms with Crippen LogP contribution in [-0.2, 0) is 19.0 Å². The average Bonchev–Trinajstić information content (AvgIpc) is 3.00. The first-order valence-electron chi connectivity index (χ1n) is 10.3. The SMILES string of the molecule is CCc1ccc(Cc2c(O[Si](C)(C)C(C)(C)C)nn(C(CF)CF)c2C(F)(F)F)cc1. The second kappa shape index (κ2) is 9.30. The fourth-order valence-corrected chi connectivity index (χ4v) is 3.87. The molecule has 9 heteroatoms. The van der Waals surface area contributed by atoms with Crippen molar-refractivity contribution >= 4 is 8.32 Å². The fourth-order valence-electron chi connectivity index (χ4n) is 2.92. The maximum atomic E-state index is 14.1. The highest BCUT2D eigenvalue weighted by molar-refractivity contribution is 6.74. The Bertz CT molecular complexity index is 866. The molecule has 0 fully saturated rings. The van der Waals surface area contributed by atoms with Crippen molar-refractivity contribution in [2.45, 2.75) is 70.9 Å². The Labute approximate surface area is 181 Å². The Kier molecular flexibility index (Phi) is 7.61. The molecule has 0 aliphatic rings. The normalized spacial score (nSPS) is 13.2. The van der Waals surface area contributed by atoms with E-state index in [-0.39, 0.29) is 22.9 Å². The molecule has 0 saturated heterocycles. The number of rotatable bonds is 8. The summed E-state index contributed by atoms with van der Waals surface area (Å²) in [5, 5.41) is 3.68. The lowest BCUT2D eigenvalue weighted by atomic mass is 10.0. The second-order valence-corrected chi connectivity index (χ2v) is 14.0. The molecule has 1 heterocycles. The van der Waals surface area contributed by atoms with Crippen molar-refractivity contribution in [3.8, 4) is 5.88 Å². The van der Waals surface area contributed by atoms with E-state index in [9.17, 15) is 22.0 Å². The minimum atomic E-state index is -4.84. The fraction of sp³-hybridized carbons (Fsp3) is 0.591. The third-order valence-corrected chi connectivity index (χ3v) is 10.2. The lowest BCUT2D eigenvalue weighted by Crippen LogP contribution is -2.44. The van der Waals surface area contributed by atoms with Gasteiger partial charge in [0.05, 0.1) is 0 Å². The number of aromatic nitrogens is 2. The summed E-state index contributed by atoms with van der Waals surface area (Å²) in [6.07, 6.45) is -4.14.